The van der Waals surface area contributed by atoms with E-state index in [0.29, 0.717) is 17.0 Å². The summed E-state index contributed by atoms with van der Waals surface area (Å²) >= 11 is 5.82. The molecular formula is C10H14ClN5O. The minimum absolute atomic E-state index is 0.000746. The maximum Gasteiger partial charge on any atom is 0.226 e. The first kappa shape index (κ1) is 12.1. The summed E-state index contributed by atoms with van der Waals surface area (Å²) in [4.78, 5) is 15.1. The van der Waals surface area contributed by atoms with Gasteiger partial charge in [0.2, 0.25) is 5.28 Å². The molecule has 3 N–H and O–H groups in total. The molecule has 0 saturated heterocycles. The van der Waals surface area contributed by atoms with Crippen LogP contribution >= 0.6 is 11.6 Å². The Hall–Kier alpha value is -1.40. The summed E-state index contributed by atoms with van der Waals surface area (Å²) in [5.74, 6) is 0.552. The minimum Gasteiger partial charge on any atom is -0.394 e. The summed E-state index contributed by atoms with van der Waals surface area (Å²) in [6.07, 6.45) is 2.28. The van der Waals surface area contributed by atoms with Crippen LogP contribution in [0.4, 0.5) is 5.82 Å². The molecule has 1 atom stereocenters. The molecule has 0 bridgehead atoms. The number of fused-ring (bicyclic) bond motifs is 1. The van der Waals surface area contributed by atoms with Gasteiger partial charge in [-0.05, 0) is 24.9 Å². The third-order valence-electron chi connectivity index (χ3n) is 2.81. The number of aliphatic hydroxyl groups excluding tert-OH is 1. The standard InChI is InChI=1S/C10H14ClN5O/c1-3-10(2,4-17)16-8-6-7(13-5-12-6)14-9(11)15-8/h5,17H,3-4H2,1-2H3,(H2,12,13,14,15,16). The number of H-pyrrole nitrogens is 1. The van der Waals surface area contributed by atoms with Crippen molar-refractivity contribution >= 4 is 28.6 Å². The van der Waals surface area contributed by atoms with E-state index in [1.54, 1.807) is 0 Å². The molecule has 1 unspecified atom stereocenters. The number of hydrogen-bond acceptors (Lipinski definition) is 5. The molecule has 2 rings (SSSR count). The molecule has 2 heterocycles. The van der Waals surface area contributed by atoms with E-state index in [1.165, 1.54) is 6.33 Å². The number of aromatic amines is 1. The lowest BCUT2D eigenvalue weighted by atomic mass is 10.0. The first-order valence-electron chi connectivity index (χ1n) is 5.33. The molecule has 2 aromatic heterocycles. The highest BCUT2D eigenvalue weighted by Gasteiger charge is 2.23. The second-order valence-electron chi connectivity index (χ2n) is 4.14. The Bertz CT molecular complexity index is 522. The molecule has 7 heteroatoms. The fraction of sp³-hybridized carbons (Fsp3) is 0.500. The first-order valence-corrected chi connectivity index (χ1v) is 5.71. The summed E-state index contributed by atoms with van der Waals surface area (Å²) in [5.41, 5.74) is 0.738. The Morgan fingerprint density at radius 1 is 1.53 bits per heavy atom. The second kappa shape index (κ2) is 4.46. The van der Waals surface area contributed by atoms with Crippen LogP contribution in [-0.4, -0.2) is 37.2 Å². The van der Waals surface area contributed by atoms with Crippen molar-refractivity contribution in [2.45, 2.75) is 25.8 Å². The highest BCUT2D eigenvalue weighted by Crippen LogP contribution is 2.23. The van der Waals surface area contributed by atoms with Crippen LogP contribution in [0.3, 0.4) is 0 Å². The van der Waals surface area contributed by atoms with Gasteiger partial charge in [0.15, 0.2) is 11.5 Å². The van der Waals surface area contributed by atoms with Gasteiger partial charge in [-0.15, -0.1) is 0 Å². The number of anilines is 1. The van der Waals surface area contributed by atoms with Crippen LogP contribution in [0.1, 0.15) is 20.3 Å². The maximum atomic E-state index is 9.37. The number of halogens is 1. The van der Waals surface area contributed by atoms with Crippen molar-refractivity contribution in [1.82, 2.24) is 19.9 Å². The van der Waals surface area contributed by atoms with Gasteiger partial charge >= 0.3 is 0 Å². The van der Waals surface area contributed by atoms with Gasteiger partial charge in [-0.25, -0.2) is 4.98 Å². The molecule has 6 nitrogen and oxygen atoms in total. The fourth-order valence-corrected chi connectivity index (χ4v) is 1.59. The molecule has 0 amide bonds. The lowest BCUT2D eigenvalue weighted by Crippen LogP contribution is -2.38. The molecule has 92 valence electrons. The average molecular weight is 256 g/mol. The zero-order valence-electron chi connectivity index (χ0n) is 9.66. The Morgan fingerprint density at radius 2 is 2.29 bits per heavy atom. The zero-order valence-corrected chi connectivity index (χ0v) is 10.4. The van der Waals surface area contributed by atoms with Crippen molar-refractivity contribution in [1.29, 1.82) is 0 Å². The lowest BCUT2D eigenvalue weighted by molar-refractivity contribution is 0.218. The molecule has 0 spiro atoms. The van der Waals surface area contributed by atoms with Gasteiger partial charge in [-0.1, -0.05) is 6.92 Å². The number of hydrogen-bond donors (Lipinski definition) is 3. The van der Waals surface area contributed by atoms with Gasteiger partial charge < -0.3 is 15.4 Å². The molecule has 2 aromatic rings. The SMILES string of the molecule is CCC(C)(CO)Nc1nc(Cl)nc2nc[nH]c12. The maximum absolute atomic E-state index is 9.37. The molecule has 0 radical (unpaired) electrons. The van der Waals surface area contributed by atoms with E-state index in [2.05, 4.69) is 25.3 Å². The van der Waals surface area contributed by atoms with E-state index in [-0.39, 0.29) is 11.9 Å². The third-order valence-corrected chi connectivity index (χ3v) is 2.98. The van der Waals surface area contributed by atoms with E-state index < -0.39 is 5.54 Å². The molecule has 0 aromatic carbocycles. The summed E-state index contributed by atoms with van der Waals surface area (Å²) in [5, 5.41) is 12.7. The van der Waals surface area contributed by atoms with Gasteiger partial charge in [0.05, 0.1) is 18.5 Å². The largest absolute Gasteiger partial charge is 0.394 e. The van der Waals surface area contributed by atoms with Gasteiger partial charge in [0, 0.05) is 0 Å². The van der Waals surface area contributed by atoms with Crippen molar-refractivity contribution in [3.8, 4) is 0 Å². The Kier molecular flexibility index (Phi) is 3.17. The summed E-state index contributed by atoms with van der Waals surface area (Å²) in [6.45, 7) is 3.89. The summed E-state index contributed by atoms with van der Waals surface area (Å²) in [7, 11) is 0. The average Bonchev–Trinajstić information content (AvgIpc) is 2.77. The van der Waals surface area contributed by atoms with E-state index in [1.807, 2.05) is 13.8 Å². The first-order chi connectivity index (χ1) is 8.08. The number of rotatable bonds is 4. The van der Waals surface area contributed by atoms with Crippen molar-refractivity contribution < 1.29 is 5.11 Å². The van der Waals surface area contributed by atoms with Crippen LogP contribution in [0.5, 0.6) is 0 Å². The molecule has 0 saturated carbocycles. The van der Waals surface area contributed by atoms with Crippen molar-refractivity contribution in [2.75, 3.05) is 11.9 Å². The van der Waals surface area contributed by atoms with E-state index in [4.69, 9.17) is 11.6 Å². The van der Waals surface area contributed by atoms with Gasteiger partial charge in [-0.2, -0.15) is 9.97 Å². The second-order valence-corrected chi connectivity index (χ2v) is 4.48. The molecule has 0 fully saturated rings. The van der Waals surface area contributed by atoms with Crippen molar-refractivity contribution in [2.24, 2.45) is 0 Å². The molecule has 0 aliphatic heterocycles. The van der Waals surface area contributed by atoms with Crippen LogP contribution < -0.4 is 5.32 Å². The normalized spacial score (nSPS) is 14.8. The van der Waals surface area contributed by atoms with E-state index >= 15 is 0 Å². The predicted octanol–water partition coefficient (Wildman–Crippen LogP) is 1.58. The smallest absolute Gasteiger partial charge is 0.226 e. The van der Waals surface area contributed by atoms with Crippen molar-refractivity contribution in [3.63, 3.8) is 0 Å². The van der Waals surface area contributed by atoms with E-state index in [0.717, 1.165) is 6.42 Å². The monoisotopic (exact) mass is 255 g/mol. The van der Waals surface area contributed by atoms with Gasteiger partial charge in [0.25, 0.3) is 0 Å². The summed E-state index contributed by atoms with van der Waals surface area (Å²) in [6, 6.07) is 0. The molecule has 0 aliphatic rings. The van der Waals surface area contributed by atoms with Crippen molar-refractivity contribution in [3.05, 3.63) is 11.6 Å². The van der Waals surface area contributed by atoms with Crippen LogP contribution in [0, 0.1) is 0 Å². The minimum atomic E-state index is -0.449. The van der Waals surface area contributed by atoms with Crippen LogP contribution in [0.15, 0.2) is 6.33 Å². The highest BCUT2D eigenvalue weighted by molar-refractivity contribution is 6.28. The summed E-state index contributed by atoms with van der Waals surface area (Å²) < 4.78 is 0. The number of aromatic nitrogens is 4. The third kappa shape index (κ3) is 2.32. The number of aliphatic hydroxyl groups is 1. The molecule has 17 heavy (non-hydrogen) atoms. The van der Waals surface area contributed by atoms with Crippen LogP contribution in [0.25, 0.3) is 11.2 Å². The Balaban J connectivity index is 2.44. The predicted molar refractivity (Wildman–Crippen MR) is 66.1 cm³/mol. The topological polar surface area (TPSA) is 86.7 Å². The van der Waals surface area contributed by atoms with Crippen LogP contribution in [-0.2, 0) is 0 Å². The number of nitrogens with one attached hydrogen (secondary N) is 2. The van der Waals surface area contributed by atoms with E-state index in [9.17, 15) is 5.11 Å². The molecule has 0 aliphatic carbocycles. The number of nitrogens with zero attached hydrogens (tertiary/aromatic N) is 3. The van der Waals surface area contributed by atoms with Gasteiger partial charge in [-0.3, -0.25) is 0 Å². The Morgan fingerprint density at radius 3 is 2.94 bits per heavy atom. The van der Waals surface area contributed by atoms with Gasteiger partial charge in [0.1, 0.15) is 5.52 Å². The highest BCUT2D eigenvalue weighted by atomic mass is 35.5. The molecular weight excluding hydrogens is 242 g/mol. The van der Waals surface area contributed by atoms with Crippen LogP contribution in [0.2, 0.25) is 5.28 Å². The lowest BCUT2D eigenvalue weighted by Gasteiger charge is -2.27. The fourth-order valence-electron chi connectivity index (χ4n) is 1.42. The quantitative estimate of drug-likeness (QED) is 0.722. The zero-order chi connectivity index (χ0) is 12.5. The number of imidazole rings is 1. The Labute approximate surface area is 103 Å².